The van der Waals surface area contributed by atoms with E-state index in [1.165, 1.54) is 20.2 Å². The van der Waals surface area contributed by atoms with E-state index in [4.69, 9.17) is 23.8 Å². The molecule has 0 aliphatic rings. The average molecular weight is 825 g/mol. The molecule has 0 bridgehead atoms. The highest BCUT2D eigenvalue weighted by atomic mass is 32.1. The molecule has 0 amide bonds. The van der Waals surface area contributed by atoms with E-state index in [0.717, 1.165) is 93.9 Å². The molecule has 0 aliphatic heterocycles. The van der Waals surface area contributed by atoms with Crippen LogP contribution in [0.3, 0.4) is 0 Å². The number of para-hydroxylation sites is 2. The van der Waals surface area contributed by atoms with Gasteiger partial charge in [-0.2, -0.15) is 0 Å². The summed E-state index contributed by atoms with van der Waals surface area (Å²) in [5.74, 6) is 1.70. The maximum Gasteiger partial charge on any atom is 0.164 e. The van der Waals surface area contributed by atoms with Gasteiger partial charge >= 0.3 is 0 Å². The molecule has 294 valence electrons. The van der Waals surface area contributed by atoms with Gasteiger partial charge in [-0.1, -0.05) is 121 Å². The maximum absolute atomic E-state index is 6.74. The lowest BCUT2D eigenvalue weighted by Crippen LogP contribution is -2.00. The Bertz CT molecular complexity index is 3920. The predicted octanol–water partition coefficient (Wildman–Crippen LogP) is 15.4. The van der Waals surface area contributed by atoms with Gasteiger partial charge in [0.25, 0.3) is 0 Å². The number of pyridine rings is 1. The smallest absolute Gasteiger partial charge is 0.164 e. The van der Waals surface area contributed by atoms with Gasteiger partial charge in [0, 0.05) is 81.9 Å². The van der Waals surface area contributed by atoms with Crippen molar-refractivity contribution in [2.45, 2.75) is 0 Å². The minimum atomic E-state index is 0.557. The van der Waals surface area contributed by atoms with Crippen LogP contribution in [0.2, 0.25) is 0 Å². The van der Waals surface area contributed by atoms with Crippen molar-refractivity contribution in [1.29, 1.82) is 0 Å². The molecule has 5 heterocycles. The Morgan fingerprint density at radius 1 is 0.349 bits per heavy atom. The van der Waals surface area contributed by atoms with Crippen molar-refractivity contribution in [3.8, 4) is 67.5 Å². The van der Waals surface area contributed by atoms with Crippen molar-refractivity contribution < 1.29 is 8.83 Å². The first-order valence-corrected chi connectivity index (χ1v) is 21.7. The Morgan fingerprint density at radius 3 is 1.79 bits per heavy atom. The molecule has 63 heavy (non-hydrogen) atoms. The quantitative estimate of drug-likeness (QED) is 0.166. The standard InChI is InChI=1S/C56H32N4O2S/c1-4-15-47-42(12-1)43-24-22-38(31-49(43)61-47)56-59-54(58-55(60-56)37-10-7-9-35(29-37)39-11-8-28-57-32-39)34-20-18-33(19-21-34)41-26-25-40(52-45-14-2-5-16-48(45)62-53(41)52)36-23-27-51-46(30-36)44-13-3-6-17-50(44)63-51/h1-32H. The SMILES string of the molecule is c1cncc(-c2cccc(-c3nc(-c4ccc(-c5ccc(-c6ccc7sc8ccccc8c7c6)c6c5oc5ccccc56)cc4)nc(-c4ccc5c(c4)oc4ccccc45)n3)c2)c1. The van der Waals surface area contributed by atoms with E-state index in [-0.39, 0.29) is 0 Å². The molecule has 0 saturated carbocycles. The van der Waals surface area contributed by atoms with Gasteiger partial charge in [0.1, 0.15) is 22.3 Å². The molecule has 13 rings (SSSR count). The topological polar surface area (TPSA) is 77.8 Å². The maximum atomic E-state index is 6.74. The third kappa shape index (κ3) is 5.93. The van der Waals surface area contributed by atoms with Crippen LogP contribution in [0.25, 0.3) is 132 Å². The normalized spacial score (nSPS) is 11.8. The van der Waals surface area contributed by atoms with Crippen LogP contribution in [0.1, 0.15) is 0 Å². The zero-order chi connectivity index (χ0) is 41.4. The van der Waals surface area contributed by atoms with Gasteiger partial charge in [-0.25, -0.2) is 15.0 Å². The number of benzene rings is 8. The largest absolute Gasteiger partial charge is 0.456 e. The van der Waals surface area contributed by atoms with Gasteiger partial charge < -0.3 is 8.83 Å². The highest BCUT2D eigenvalue weighted by Gasteiger charge is 2.20. The molecular weight excluding hydrogens is 793 g/mol. The molecule has 0 atom stereocenters. The second-order valence-corrected chi connectivity index (χ2v) is 16.9. The molecule has 0 spiro atoms. The van der Waals surface area contributed by atoms with E-state index in [1.807, 2.05) is 66.1 Å². The fourth-order valence-corrected chi connectivity index (χ4v) is 10.1. The van der Waals surface area contributed by atoms with Crippen molar-refractivity contribution in [1.82, 2.24) is 19.9 Å². The lowest BCUT2D eigenvalue weighted by Gasteiger charge is -2.11. The Kier molecular flexibility index (Phi) is 7.98. The minimum Gasteiger partial charge on any atom is -0.456 e. The van der Waals surface area contributed by atoms with E-state index < -0.39 is 0 Å². The number of hydrogen-bond donors (Lipinski definition) is 0. The van der Waals surface area contributed by atoms with Gasteiger partial charge in [-0.15, -0.1) is 11.3 Å². The van der Waals surface area contributed by atoms with Crippen molar-refractivity contribution in [2.24, 2.45) is 0 Å². The molecule has 0 radical (unpaired) electrons. The number of hydrogen-bond acceptors (Lipinski definition) is 7. The first-order valence-electron chi connectivity index (χ1n) is 20.8. The summed E-state index contributed by atoms with van der Waals surface area (Å²) in [6.07, 6.45) is 3.65. The van der Waals surface area contributed by atoms with Crippen LogP contribution in [-0.2, 0) is 0 Å². The summed E-state index contributed by atoms with van der Waals surface area (Å²) in [6, 6.07) is 63.2. The lowest BCUT2D eigenvalue weighted by atomic mass is 9.93. The van der Waals surface area contributed by atoms with E-state index in [2.05, 4.69) is 138 Å². The summed E-state index contributed by atoms with van der Waals surface area (Å²) < 4.78 is 15.6. The number of furan rings is 2. The Hall–Kier alpha value is -8.26. The summed E-state index contributed by atoms with van der Waals surface area (Å²) in [6.45, 7) is 0. The van der Waals surface area contributed by atoms with Crippen molar-refractivity contribution in [2.75, 3.05) is 0 Å². The first-order chi connectivity index (χ1) is 31.2. The number of thiophene rings is 1. The summed E-state index contributed by atoms with van der Waals surface area (Å²) in [4.78, 5) is 19.7. The summed E-state index contributed by atoms with van der Waals surface area (Å²) in [5, 5.41) is 6.88. The van der Waals surface area contributed by atoms with Gasteiger partial charge in [0.2, 0.25) is 0 Å². The van der Waals surface area contributed by atoms with Gasteiger partial charge in [-0.05, 0) is 82.9 Å². The van der Waals surface area contributed by atoms with Crippen molar-refractivity contribution >= 4 is 75.4 Å². The molecule has 0 unspecified atom stereocenters. The van der Waals surface area contributed by atoms with Crippen LogP contribution < -0.4 is 0 Å². The van der Waals surface area contributed by atoms with Crippen molar-refractivity contribution in [3.63, 3.8) is 0 Å². The molecule has 13 aromatic rings. The monoisotopic (exact) mass is 824 g/mol. The Labute approximate surface area is 364 Å². The molecule has 0 fully saturated rings. The van der Waals surface area contributed by atoms with Crippen LogP contribution in [0.4, 0.5) is 0 Å². The highest BCUT2D eigenvalue weighted by molar-refractivity contribution is 7.25. The molecule has 5 aromatic heterocycles. The van der Waals surface area contributed by atoms with Crippen LogP contribution in [-0.4, -0.2) is 19.9 Å². The zero-order valence-corrected chi connectivity index (χ0v) is 34.3. The van der Waals surface area contributed by atoms with Crippen LogP contribution in [0.15, 0.2) is 203 Å². The van der Waals surface area contributed by atoms with Crippen molar-refractivity contribution in [3.05, 3.63) is 194 Å². The third-order valence-corrected chi connectivity index (χ3v) is 13.2. The zero-order valence-electron chi connectivity index (χ0n) is 33.5. The van der Waals surface area contributed by atoms with Gasteiger partial charge in [0.15, 0.2) is 17.5 Å². The van der Waals surface area contributed by atoms with Gasteiger partial charge in [0.05, 0.1) is 0 Å². The summed E-state index contributed by atoms with van der Waals surface area (Å²) in [7, 11) is 0. The van der Waals surface area contributed by atoms with E-state index in [9.17, 15) is 0 Å². The number of rotatable bonds is 6. The second kappa shape index (κ2) is 14.2. The fraction of sp³-hybridized carbons (Fsp3) is 0. The number of fused-ring (bicyclic) bond motifs is 9. The molecule has 0 N–H and O–H groups in total. The van der Waals surface area contributed by atoms with Crippen LogP contribution in [0, 0.1) is 0 Å². The highest BCUT2D eigenvalue weighted by Crippen LogP contribution is 2.44. The molecule has 7 heteroatoms. The van der Waals surface area contributed by atoms with E-state index in [1.54, 1.807) is 6.20 Å². The molecule has 6 nitrogen and oxygen atoms in total. The predicted molar refractivity (Wildman–Crippen MR) is 258 cm³/mol. The lowest BCUT2D eigenvalue weighted by molar-refractivity contribution is 0.669. The summed E-state index contributed by atoms with van der Waals surface area (Å²) in [5.41, 5.74) is 12.3. The second-order valence-electron chi connectivity index (χ2n) is 15.8. The Morgan fingerprint density at radius 2 is 0.968 bits per heavy atom. The number of nitrogens with zero attached hydrogens (tertiary/aromatic N) is 4. The van der Waals surface area contributed by atoms with Crippen LogP contribution in [0.5, 0.6) is 0 Å². The van der Waals surface area contributed by atoms with Gasteiger partial charge in [-0.3, -0.25) is 4.98 Å². The first kappa shape index (κ1) is 35.5. The molecular formula is C56H32N4O2S. The van der Waals surface area contributed by atoms with Crippen LogP contribution >= 0.6 is 11.3 Å². The Balaban J connectivity index is 0.933. The third-order valence-electron chi connectivity index (χ3n) is 12.1. The fourth-order valence-electron chi connectivity index (χ4n) is 8.99. The van der Waals surface area contributed by atoms with E-state index >= 15 is 0 Å². The van der Waals surface area contributed by atoms with E-state index in [0.29, 0.717) is 17.5 Å². The summed E-state index contributed by atoms with van der Waals surface area (Å²) >= 11 is 1.84. The molecule has 8 aromatic carbocycles. The molecule has 0 aliphatic carbocycles. The minimum absolute atomic E-state index is 0.557. The average Bonchev–Trinajstić information content (AvgIpc) is 4.05. The number of aromatic nitrogens is 4. The molecule has 0 saturated heterocycles.